The van der Waals surface area contributed by atoms with Crippen LogP contribution in [0.4, 0.5) is 0 Å². The molecule has 2 aliphatic heterocycles. The third-order valence-electron chi connectivity index (χ3n) is 5.60. The molecule has 0 spiro atoms. The van der Waals surface area contributed by atoms with Gasteiger partial charge < -0.3 is 15.4 Å². The molecule has 3 atom stereocenters. The van der Waals surface area contributed by atoms with Crippen LogP contribution in [-0.2, 0) is 10.2 Å². The number of benzene rings is 1. The van der Waals surface area contributed by atoms with Crippen LogP contribution in [0.25, 0.3) is 0 Å². The number of halogens is 1. The van der Waals surface area contributed by atoms with Crippen molar-refractivity contribution in [3.63, 3.8) is 0 Å². The van der Waals surface area contributed by atoms with E-state index in [9.17, 15) is 0 Å². The van der Waals surface area contributed by atoms with Gasteiger partial charge in [-0.1, -0.05) is 28.1 Å². The second-order valence-corrected chi connectivity index (χ2v) is 8.26. The highest BCUT2D eigenvalue weighted by atomic mass is 79.9. The number of fused-ring (bicyclic) bond motifs is 2. The molecule has 5 heteroatoms. The Morgan fingerprint density at radius 1 is 1.38 bits per heavy atom. The number of nitrogens with one attached hydrogen (secondary N) is 2. The molecule has 3 fully saturated rings. The summed E-state index contributed by atoms with van der Waals surface area (Å²) in [6.07, 6.45) is 6.82. The fraction of sp³-hybridized carbons (Fsp3) is 0.632. The summed E-state index contributed by atoms with van der Waals surface area (Å²) in [5.74, 6) is 0.944. The van der Waals surface area contributed by atoms with E-state index < -0.39 is 0 Å². The first-order chi connectivity index (χ1) is 11.7. The summed E-state index contributed by atoms with van der Waals surface area (Å²) < 4.78 is 7.11. The minimum Gasteiger partial charge on any atom is -0.373 e. The molecule has 3 aliphatic rings. The second kappa shape index (κ2) is 6.68. The van der Waals surface area contributed by atoms with Crippen molar-refractivity contribution >= 4 is 21.9 Å². The maximum absolute atomic E-state index is 5.95. The monoisotopic (exact) mass is 391 g/mol. The predicted molar refractivity (Wildman–Crippen MR) is 100 cm³/mol. The van der Waals surface area contributed by atoms with Crippen LogP contribution in [-0.4, -0.2) is 37.3 Å². The number of hydrogen-bond acceptors (Lipinski definition) is 2. The van der Waals surface area contributed by atoms with E-state index in [1.807, 2.05) is 0 Å². The van der Waals surface area contributed by atoms with Crippen molar-refractivity contribution in [2.75, 3.05) is 13.1 Å². The lowest BCUT2D eigenvalue weighted by Gasteiger charge is -2.23. The molecule has 1 saturated carbocycles. The molecule has 0 radical (unpaired) electrons. The SMILES string of the molecule is CCNC(=NCC1(c2cccc(Br)c2)CC1)NC1CC2CCC1O2. The van der Waals surface area contributed by atoms with Crippen molar-refractivity contribution in [1.29, 1.82) is 0 Å². The lowest BCUT2D eigenvalue weighted by Crippen LogP contribution is -2.47. The van der Waals surface area contributed by atoms with Crippen molar-refractivity contribution in [3.8, 4) is 0 Å². The van der Waals surface area contributed by atoms with Crippen LogP contribution in [0.1, 0.15) is 44.6 Å². The molecular weight excluding hydrogens is 366 g/mol. The number of aliphatic imine (C=N–C) groups is 1. The molecule has 24 heavy (non-hydrogen) atoms. The summed E-state index contributed by atoms with van der Waals surface area (Å²) in [7, 11) is 0. The van der Waals surface area contributed by atoms with Crippen molar-refractivity contribution < 1.29 is 4.74 Å². The van der Waals surface area contributed by atoms with E-state index in [-0.39, 0.29) is 5.41 Å². The largest absolute Gasteiger partial charge is 0.373 e. The van der Waals surface area contributed by atoms with Gasteiger partial charge in [0.05, 0.1) is 24.8 Å². The minimum atomic E-state index is 0.233. The average molecular weight is 392 g/mol. The standard InChI is InChI=1S/C19H26BrN3O/c1-2-21-18(23-16-11-15-6-7-17(16)24-15)22-12-19(8-9-19)13-4-3-5-14(20)10-13/h3-5,10,15-17H,2,6-9,11-12H2,1H3,(H2,21,22,23). The lowest BCUT2D eigenvalue weighted by molar-refractivity contribution is 0.0992. The molecule has 130 valence electrons. The summed E-state index contributed by atoms with van der Waals surface area (Å²) >= 11 is 3.59. The molecule has 2 heterocycles. The topological polar surface area (TPSA) is 45.7 Å². The average Bonchev–Trinajstić information content (AvgIpc) is 3.09. The summed E-state index contributed by atoms with van der Waals surface area (Å²) in [4.78, 5) is 4.92. The minimum absolute atomic E-state index is 0.233. The Kier molecular flexibility index (Phi) is 4.56. The van der Waals surface area contributed by atoms with Crippen LogP contribution < -0.4 is 10.6 Å². The van der Waals surface area contributed by atoms with E-state index >= 15 is 0 Å². The highest BCUT2D eigenvalue weighted by Gasteiger charge is 2.44. The lowest BCUT2D eigenvalue weighted by atomic mass is 9.95. The number of hydrogen-bond donors (Lipinski definition) is 2. The van der Waals surface area contributed by atoms with Gasteiger partial charge in [0.1, 0.15) is 0 Å². The first-order valence-corrected chi connectivity index (χ1v) is 9.94. The van der Waals surface area contributed by atoms with Gasteiger partial charge >= 0.3 is 0 Å². The van der Waals surface area contributed by atoms with Crippen molar-refractivity contribution in [3.05, 3.63) is 34.3 Å². The summed E-state index contributed by atoms with van der Waals surface area (Å²) in [5.41, 5.74) is 1.64. The predicted octanol–water partition coefficient (Wildman–Crippen LogP) is 3.36. The van der Waals surface area contributed by atoms with E-state index in [0.29, 0.717) is 18.2 Å². The highest BCUT2D eigenvalue weighted by molar-refractivity contribution is 9.10. The maximum atomic E-state index is 5.95. The quantitative estimate of drug-likeness (QED) is 0.597. The van der Waals surface area contributed by atoms with Gasteiger partial charge in [-0.3, -0.25) is 4.99 Å². The molecule has 2 N–H and O–H groups in total. The van der Waals surface area contributed by atoms with Crippen molar-refractivity contribution in [2.45, 2.75) is 62.7 Å². The van der Waals surface area contributed by atoms with E-state index in [1.165, 1.54) is 31.2 Å². The van der Waals surface area contributed by atoms with Gasteiger partial charge in [0.2, 0.25) is 0 Å². The first kappa shape index (κ1) is 16.4. The molecule has 0 aromatic heterocycles. The first-order valence-electron chi connectivity index (χ1n) is 9.15. The molecule has 4 rings (SSSR count). The van der Waals surface area contributed by atoms with E-state index in [4.69, 9.17) is 9.73 Å². The van der Waals surface area contributed by atoms with E-state index in [1.54, 1.807) is 0 Å². The molecule has 4 nitrogen and oxygen atoms in total. The third kappa shape index (κ3) is 3.33. The van der Waals surface area contributed by atoms with Gasteiger partial charge in [0.25, 0.3) is 0 Å². The Morgan fingerprint density at radius 3 is 2.88 bits per heavy atom. The fourth-order valence-corrected chi connectivity index (χ4v) is 4.42. The zero-order valence-electron chi connectivity index (χ0n) is 14.2. The van der Waals surface area contributed by atoms with Crippen LogP contribution in [0, 0.1) is 0 Å². The Hall–Kier alpha value is -1.07. The van der Waals surface area contributed by atoms with Gasteiger partial charge in [0.15, 0.2) is 5.96 Å². The van der Waals surface area contributed by atoms with Gasteiger partial charge in [0, 0.05) is 16.4 Å². The molecular formula is C19H26BrN3O. The number of guanidine groups is 1. The Balaban J connectivity index is 1.43. The van der Waals surface area contributed by atoms with Crippen LogP contribution >= 0.6 is 15.9 Å². The number of rotatable bonds is 5. The third-order valence-corrected chi connectivity index (χ3v) is 6.10. The van der Waals surface area contributed by atoms with Crippen LogP contribution in [0.2, 0.25) is 0 Å². The Morgan fingerprint density at radius 2 is 2.25 bits per heavy atom. The van der Waals surface area contributed by atoms with Crippen LogP contribution in [0.15, 0.2) is 33.7 Å². The molecule has 1 aromatic rings. The van der Waals surface area contributed by atoms with Crippen LogP contribution in [0.3, 0.4) is 0 Å². The molecule has 0 amide bonds. The van der Waals surface area contributed by atoms with Crippen LogP contribution in [0.5, 0.6) is 0 Å². The van der Waals surface area contributed by atoms with E-state index in [2.05, 4.69) is 57.8 Å². The zero-order chi connectivity index (χ0) is 16.6. The molecule has 3 unspecified atom stereocenters. The van der Waals surface area contributed by atoms with Gasteiger partial charge in [-0.2, -0.15) is 0 Å². The summed E-state index contributed by atoms with van der Waals surface area (Å²) in [6.45, 7) is 3.85. The number of ether oxygens (including phenoxy) is 1. The van der Waals surface area contributed by atoms with Gasteiger partial charge in [-0.15, -0.1) is 0 Å². The molecule has 2 saturated heterocycles. The van der Waals surface area contributed by atoms with Crippen molar-refractivity contribution in [2.24, 2.45) is 4.99 Å². The van der Waals surface area contributed by atoms with Gasteiger partial charge in [-0.25, -0.2) is 0 Å². The summed E-state index contributed by atoms with van der Waals surface area (Å²) in [5, 5.41) is 7.02. The molecule has 1 aliphatic carbocycles. The molecule has 1 aromatic carbocycles. The fourth-order valence-electron chi connectivity index (χ4n) is 4.02. The van der Waals surface area contributed by atoms with E-state index in [0.717, 1.165) is 29.9 Å². The maximum Gasteiger partial charge on any atom is 0.191 e. The van der Waals surface area contributed by atoms with Gasteiger partial charge in [-0.05, 0) is 56.7 Å². The number of nitrogens with zero attached hydrogens (tertiary/aromatic N) is 1. The zero-order valence-corrected chi connectivity index (χ0v) is 15.8. The van der Waals surface area contributed by atoms with Crippen molar-refractivity contribution in [1.82, 2.24) is 10.6 Å². The molecule has 2 bridgehead atoms. The smallest absolute Gasteiger partial charge is 0.191 e. The Bertz CT molecular complexity index is 629. The normalized spacial score (nSPS) is 30.4. The second-order valence-electron chi connectivity index (χ2n) is 7.35. The summed E-state index contributed by atoms with van der Waals surface area (Å²) in [6, 6.07) is 9.11. The highest BCUT2D eigenvalue weighted by Crippen LogP contribution is 2.48. The Labute approximate surface area is 152 Å².